The zero-order chi connectivity index (χ0) is 16.4. The Morgan fingerprint density at radius 2 is 1.82 bits per heavy atom. The maximum Gasteiger partial charge on any atom is 0.239 e. The number of hydrogen-bond acceptors (Lipinski definition) is 4. The summed E-state index contributed by atoms with van der Waals surface area (Å²) in [5.41, 5.74) is 0. The van der Waals surface area contributed by atoms with E-state index in [4.69, 9.17) is 9.47 Å². The van der Waals surface area contributed by atoms with Gasteiger partial charge in [-0.3, -0.25) is 9.59 Å². The van der Waals surface area contributed by atoms with Crippen LogP contribution in [0.5, 0.6) is 11.5 Å². The van der Waals surface area contributed by atoms with Gasteiger partial charge in [-0.05, 0) is 30.7 Å². The summed E-state index contributed by atoms with van der Waals surface area (Å²) in [6.45, 7) is 4.79. The standard InChI is InChI=1S/C16H24N2O4/c1-4-9-17-16(20)12-18(13(2)19)10-11-22-15-7-5-14(21-3)6-8-15/h5-8H,4,9-12H2,1-3H3,(H,17,20). The molecule has 1 N–H and O–H groups in total. The Labute approximate surface area is 131 Å². The molecule has 0 bridgehead atoms. The molecule has 1 aromatic carbocycles. The highest BCUT2D eigenvalue weighted by atomic mass is 16.5. The van der Waals surface area contributed by atoms with Gasteiger partial charge in [0.25, 0.3) is 0 Å². The predicted octanol–water partition coefficient (Wildman–Crippen LogP) is 1.45. The maximum absolute atomic E-state index is 11.7. The molecule has 0 spiro atoms. The summed E-state index contributed by atoms with van der Waals surface area (Å²) in [6, 6.07) is 7.20. The Morgan fingerprint density at radius 1 is 1.18 bits per heavy atom. The van der Waals surface area contributed by atoms with E-state index in [9.17, 15) is 9.59 Å². The van der Waals surface area contributed by atoms with Crippen molar-refractivity contribution in [1.29, 1.82) is 0 Å². The quantitative estimate of drug-likeness (QED) is 0.750. The van der Waals surface area contributed by atoms with Crippen LogP contribution in [-0.2, 0) is 9.59 Å². The number of nitrogens with one attached hydrogen (secondary N) is 1. The summed E-state index contributed by atoms with van der Waals surface area (Å²) in [4.78, 5) is 24.7. The smallest absolute Gasteiger partial charge is 0.239 e. The second-order valence-corrected chi connectivity index (χ2v) is 4.81. The van der Waals surface area contributed by atoms with Gasteiger partial charge in [0.2, 0.25) is 11.8 Å². The number of carbonyl (C=O) groups excluding carboxylic acids is 2. The molecule has 22 heavy (non-hydrogen) atoms. The van der Waals surface area contributed by atoms with Gasteiger partial charge >= 0.3 is 0 Å². The van der Waals surface area contributed by atoms with Gasteiger partial charge in [-0.25, -0.2) is 0 Å². The molecule has 2 amide bonds. The molecule has 0 heterocycles. The molecular weight excluding hydrogens is 284 g/mol. The largest absolute Gasteiger partial charge is 0.497 e. The van der Waals surface area contributed by atoms with Crippen molar-refractivity contribution in [2.24, 2.45) is 0 Å². The van der Waals surface area contributed by atoms with E-state index in [1.165, 1.54) is 11.8 Å². The summed E-state index contributed by atoms with van der Waals surface area (Å²) >= 11 is 0. The summed E-state index contributed by atoms with van der Waals surface area (Å²) in [6.07, 6.45) is 0.867. The van der Waals surface area contributed by atoms with Gasteiger partial charge in [0.1, 0.15) is 18.1 Å². The summed E-state index contributed by atoms with van der Waals surface area (Å²) < 4.78 is 10.6. The summed E-state index contributed by atoms with van der Waals surface area (Å²) in [7, 11) is 1.60. The Balaban J connectivity index is 2.40. The minimum Gasteiger partial charge on any atom is -0.497 e. The fourth-order valence-electron chi connectivity index (χ4n) is 1.79. The first-order chi connectivity index (χ1) is 10.6. The van der Waals surface area contributed by atoms with Crippen LogP contribution in [0.25, 0.3) is 0 Å². The number of rotatable bonds is 9. The molecular formula is C16H24N2O4. The fraction of sp³-hybridized carbons (Fsp3) is 0.500. The van der Waals surface area contributed by atoms with E-state index in [1.54, 1.807) is 31.4 Å². The Kier molecular flexibility index (Phi) is 7.81. The lowest BCUT2D eigenvalue weighted by molar-refractivity contribution is -0.134. The van der Waals surface area contributed by atoms with E-state index in [0.717, 1.165) is 12.2 Å². The van der Waals surface area contributed by atoms with Crippen molar-refractivity contribution >= 4 is 11.8 Å². The first-order valence-electron chi connectivity index (χ1n) is 7.36. The van der Waals surface area contributed by atoms with Gasteiger partial charge in [0, 0.05) is 13.5 Å². The third-order valence-electron chi connectivity index (χ3n) is 3.04. The average Bonchev–Trinajstić information content (AvgIpc) is 2.52. The number of carbonyl (C=O) groups is 2. The maximum atomic E-state index is 11.7. The molecule has 0 saturated heterocycles. The predicted molar refractivity (Wildman–Crippen MR) is 84.0 cm³/mol. The third-order valence-corrected chi connectivity index (χ3v) is 3.04. The van der Waals surface area contributed by atoms with E-state index in [0.29, 0.717) is 25.4 Å². The van der Waals surface area contributed by atoms with Crippen molar-refractivity contribution in [2.75, 3.05) is 33.4 Å². The molecule has 1 rings (SSSR count). The molecule has 0 aliphatic rings. The van der Waals surface area contributed by atoms with Gasteiger partial charge in [0.05, 0.1) is 20.2 Å². The molecule has 1 aromatic rings. The lowest BCUT2D eigenvalue weighted by Gasteiger charge is -2.20. The van der Waals surface area contributed by atoms with Crippen LogP contribution in [0.3, 0.4) is 0 Å². The molecule has 0 fully saturated rings. The molecule has 0 aliphatic heterocycles. The monoisotopic (exact) mass is 308 g/mol. The van der Waals surface area contributed by atoms with Crippen molar-refractivity contribution in [3.05, 3.63) is 24.3 Å². The molecule has 6 nitrogen and oxygen atoms in total. The second-order valence-electron chi connectivity index (χ2n) is 4.81. The van der Waals surface area contributed by atoms with Crippen LogP contribution in [0.4, 0.5) is 0 Å². The highest BCUT2D eigenvalue weighted by Crippen LogP contribution is 2.16. The number of hydrogen-bond donors (Lipinski definition) is 1. The molecule has 6 heteroatoms. The zero-order valence-electron chi connectivity index (χ0n) is 13.4. The first-order valence-corrected chi connectivity index (χ1v) is 7.36. The second kappa shape index (κ2) is 9.65. The number of amides is 2. The number of benzene rings is 1. The SMILES string of the molecule is CCCNC(=O)CN(CCOc1ccc(OC)cc1)C(C)=O. The normalized spacial score (nSPS) is 9.95. The first kappa shape index (κ1) is 17.8. The minimum atomic E-state index is -0.151. The zero-order valence-corrected chi connectivity index (χ0v) is 13.4. The highest BCUT2D eigenvalue weighted by Gasteiger charge is 2.13. The number of methoxy groups -OCH3 is 1. The molecule has 0 saturated carbocycles. The van der Waals surface area contributed by atoms with Crippen molar-refractivity contribution in [3.8, 4) is 11.5 Å². The van der Waals surface area contributed by atoms with Crippen LogP contribution in [0.15, 0.2) is 24.3 Å². The minimum absolute atomic E-state index is 0.0569. The average molecular weight is 308 g/mol. The van der Waals surface area contributed by atoms with E-state index in [1.807, 2.05) is 6.92 Å². The van der Waals surface area contributed by atoms with Crippen LogP contribution >= 0.6 is 0 Å². The lowest BCUT2D eigenvalue weighted by Crippen LogP contribution is -2.41. The molecule has 0 radical (unpaired) electrons. The van der Waals surface area contributed by atoms with E-state index in [-0.39, 0.29) is 18.4 Å². The van der Waals surface area contributed by atoms with Gasteiger partial charge in [0.15, 0.2) is 0 Å². The van der Waals surface area contributed by atoms with Crippen molar-refractivity contribution < 1.29 is 19.1 Å². The van der Waals surface area contributed by atoms with Crippen molar-refractivity contribution in [3.63, 3.8) is 0 Å². The highest BCUT2D eigenvalue weighted by molar-refractivity contribution is 5.83. The van der Waals surface area contributed by atoms with Gasteiger partial charge in [-0.15, -0.1) is 0 Å². The van der Waals surface area contributed by atoms with Crippen LogP contribution in [0, 0.1) is 0 Å². The van der Waals surface area contributed by atoms with E-state index < -0.39 is 0 Å². The fourth-order valence-corrected chi connectivity index (χ4v) is 1.79. The molecule has 0 aliphatic carbocycles. The Morgan fingerprint density at radius 3 is 2.36 bits per heavy atom. The van der Waals surface area contributed by atoms with Gasteiger partial charge in [-0.1, -0.05) is 6.92 Å². The molecule has 0 aromatic heterocycles. The molecule has 0 unspecified atom stereocenters. The summed E-state index contributed by atoms with van der Waals surface area (Å²) in [5, 5.41) is 2.75. The van der Waals surface area contributed by atoms with Crippen LogP contribution in [0.2, 0.25) is 0 Å². The summed E-state index contributed by atoms with van der Waals surface area (Å²) in [5.74, 6) is 1.15. The van der Waals surface area contributed by atoms with Crippen LogP contribution < -0.4 is 14.8 Å². The Hall–Kier alpha value is -2.24. The van der Waals surface area contributed by atoms with Gasteiger partial charge in [-0.2, -0.15) is 0 Å². The van der Waals surface area contributed by atoms with Crippen LogP contribution in [-0.4, -0.2) is 50.1 Å². The Bertz CT molecular complexity index is 474. The molecule has 0 atom stereocenters. The molecule has 122 valence electrons. The number of nitrogens with zero attached hydrogens (tertiary/aromatic N) is 1. The van der Waals surface area contributed by atoms with Gasteiger partial charge < -0.3 is 19.7 Å². The van der Waals surface area contributed by atoms with Crippen molar-refractivity contribution in [2.45, 2.75) is 20.3 Å². The van der Waals surface area contributed by atoms with E-state index in [2.05, 4.69) is 5.32 Å². The van der Waals surface area contributed by atoms with Crippen molar-refractivity contribution in [1.82, 2.24) is 10.2 Å². The van der Waals surface area contributed by atoms with Crippen LogP contribution in [0.1, 0.15) is 20.3 Å². The van der Waals surface area contributed by atoms with E-state index >= 15 is 0 Å². The lowest BCUT2D eigenvalue weighted by atomic mass is 10.3. The number of ether oxygens (including phenoxy) is 2. The topological polar surface area (TPSA) is 67.9 Å². The third kappa shape index (κ3) is 6.47.